The van der Waals surface area contributed by atoms with Crippen LogP contribution in [0, 0.1) is 5.92 Å². The molecule has 2 aliphatic rings. The predicted molar refractivity (Wildman–Crippen MR) is 72.0 cm³/mol. The van der Waals surface area contributed by atoms with Crippen LogP contribution in [-0.2, 0) is 4.74 Å². The molecule has 17 heavy (non-hydrogen) atoms. The molecule has 1 aliphatic carbocycles. The van der Waals surface area contributed by atoms with E-state index in [0.717, 1.165) is 18.9 Å². The Balaban J connectivity index is 1.57. The van der Waals surface area contributed by atoms with Crippen LogP contribution >= 0.6 is 0 Å². The molecule has 0 bridgehead atoms. The first kappa shape index (κ1) is 13.4. The van der Waals surface area contributed by atoms with Crippen molar-refractivity contribution in [1.29, 1.82) is 0 Å². The van der Waals surface area contributed by atoms with Crippen LogP contribution in [0.1, 0.15) is 70.6 Å². The molecular formula is C15H29NO. The third kappa shape index (κ3) is 4.59. The Hall–Kier alpha value is -0.0800. The minimum Gasteiger partial charge on any atom is -0.375 e. The summed E-state index contributed by atoms with van der Waals surface area (Å²) in [5.41, 5.74) is 5.54. The molecule has 2 fully saturated rings. The van der Waals surface area contributed by atoms with Gasteiger partial charge in [0, 0.05) is 0 Å². The van der Waals surface area contributed by atoms with Gasteiger partial charge in [-0.1, -0.05) is 32.1 Å². The van der Waals surface area contributed by atoms with Crippen LogP contribution < -0.4 is 5.73 Å². The number of ether oxygens (including phenoxy) is 1. The molecule has 1 heterocycles. The van der Waals surface area contributed by atoms with Crippen LogP contribution in [0.3, 0.4) is 0 Å². The average molecular weight is 239 g/mol. The lowest BCUT2D eigenvalue weighted by molar-refractivity contribution is 0.0312. The van der Waals surface area contributed by atoms with Crippen LogP contribution in [0.4, 0.5) is 0 Å². The molecule has 0 amide bonds. The maximum Gasteiger partial charge on any atom is 0.0580 e. The second-order valence-electron chi connectivity index (χ2n) is 5.97. The molecule has 2 heteroatoms. The molecule has 0 aromatic carbocycles. The fraction of sp³-hybridized carbons (Fsp3) is 1.00. The normalized spacial score (nSPS) is 30.9. The van der Waals surface area contributed by atoms with E-state index >= 15 is 0 Å². The maximum atomic E-state index is 6.10. The van der Waals surface area contributed by atoms with Crippen molar-refractivity contribution < 1.29 is 4.74 Å². The molecule has 2 atom stereocenters. The van der Waals surface area contributed by atoms with Gasteiger partial charge in [-0.15, -0.1) is 0 Å². The highest BCUT2D eigenvalue weighted by Crippen LogP contribution is 2.31. The topological polar surface area (TPSA) is 35.2 Å². The first-order valence-electron chi connectivity index (χ1n) is 7.74. The molecule has 0 spiro atoms. The van der Waals surface area contributed by atoms with Gasteiger partial charge < -0.3 is 10.5 Å². The third-order valence-corrected chi connectivity index (χ3v) is 4.55. The van der Waals surface area contributed by atoms with E-state index in [0.29, 0.717) is 12.2 Å². The predicted octanol–water partition coefficient (Wildman–Crippen LogP) is 3.63. The summed E-state index contributed by atoms with van der Waals surface area (Å²) in [6, 6.07) is 0. The first-order chi connectivity index (χ1) is 8.38. The smallest absolute Gasteiger partial charge is 0.0580 e. The minimum absolute atomic E-state index is 0.523. The van der Waals surface area contributed by atoms with E-state index < -0.39 is 0 Å². The van der Waals surface area contributed by atoms with Crippen LogP contribution in [0.25, 0.3) is 0 Å². The zero-order valence-electron chi connectivity index (χ0n) is 11.2. The summed E-state index contributed by atoms with van der Waals surface area (Å²) in [4.78, 5) is 0. The molecule has 2 unspecified atom stereocenters. The highest BCUT2D eigenvalue weighted by Gasteiger charge is 2.25. The van der Waals surface area contributed by atoms with Crippen molar-refractivity contribution >= 4 is 0 Å². The second kappa shape index (κ2) is 7.38. The molecule has 0 aromatic heterocycles. The molecule has 100 valence electrons. The Morgan fingerprint density at radius 2 is 1.53 bits per heavy atom. The van der Waals surface area contributed by atoms with Gasteiger partial charge in [0.1, 0.15) is 0 Å². The van der Waals surface area contributed by atoms with Crippen molar-refractivity contribution in [3.05, 3.63) is 0 Å². The summed E-state index contributed by atoms with van der Waals surface area (Å²) in [5.74, 6) is 1.01. The van der Waals surface area contributed by atoms with Gasteiger partial charge in [0.25, 0.3) is 0 Å². The van der Waals surface area contributed by atoms with Gasteiger partial charge in [-0.25, -0.2) is 0 Å². The largest absolute Gasteiger partial charge is 0.375 e. The van der Waals surface area contributed by atoms with Crippen molar-refractivity contribution in [2.45, 2.75) is 82.8 Å². The molecule has 1 saturated carbocycles. The minimum atomic E-state index is 0.523. The molecule has 0 aromatic rings. The van der Waals surface area contributed by atoms with Crippen molar-refractivity contribution in [2.75, 3.05) is 6.54 Å². The number of hydrogen-bond donors (Lipinski definition) is 1. The van der Waals surface area contributed by atoms with E-state index in [-0.39, 0.29) is 0 Å². The number of nitrogens with two attached hydrogens (primary N) is 1. The molecular weight excluding hydrogens is 210 g/mol. The number of rotatable bonds is 6. The summed E-state index contributed by atoms with van der Waals surface area (Å²) >= 11 is 0. The van der Waals surface area contributed by atoms with Crippen LogP contribution in [0.5, 0.6) is 0 Å². The summed E-state index contributed by atoms with van der Waals surface area (Å²) in [6.07, 6.45) is 16.0. The lowest BCUT2D eigenvalue weighted by Gasteiger charge is -2.23. The van der Waals surface area contributed by atoms with Gasteiger partial charge in [-0.2, -0.15) is 0 Å². The van der Waals surface area contributed by atoms with Gasteiger partial charge in [0.05, 0.1) is 12.2 Å². The van der Waals surface area contributed by atoms with E-state index in [4.69, 9.17) is 10.5 Å². The molecule has 2 N–H and O–H groups in total. The average Bonchev–Trinajstić information content (AvgIpc) is 2.83. The SMILES string of the molecule is NCCCC1CCC(CCC2CCCCC2)O1. The molecule has 1 aliphatic heterocycles. The van der Waals surface area contributed by atoms with Gasteiger partial charge in [0.2, 0.25) is 0 Å². The van der Waals surface area contributed by atoms with Gasteiger partial charge >= 0.3 is 0 Å². The summed E-state index contributed by atoms with van der Waals surface area (Å²) in [6.45, 7) is 0.812. The highest BCUT2D eigenvalue weighted by atomic mass is 16.5. The van der Waals surface area contributed by atoms with Crippen LogP contribution in [-0.4, -0.2) is 18.8 Å². The Morgan fingerprint density at radius 3 is 2.24 bits per heavy atom. The Bertz CT molecular complexity index is 201. The Morgan fingerprint density at radius 1 is 0.824 bits per heavy atom. The quantitative estimate of drug-likeness (QED) is 0.768. The van der Waals surface area contributed by atoms with E-state index in [2.05, 4.69) is 0 Å². The van der Waals surface area contributed by atoms with Crippen molar-refractivity contribution in [3.8, 4) is 0 Å². The van der Waals surface area contributed by atoms with E-state index in [9.17, 15) is 0 Å². The molecule has 2 rings (SSSR count). The van der Waals surface area contributed by atoms with Crippen molar-refractivity contribution in [3.63, 3.8) is 0 Å². The van der Waals surface area contributed by atoms with Gasteiger partial charge in [0.15, 0.2) is 0 Å². The second-order valence-corrected chi connectivity index (χ2v) is 5.97. The standard InChI is InChI=1S/C15H29NO/c16-12-4-7-14-10-11-15(17-14)9-8-13-5-2-1-3-6-13/h13-15H,1-12,16H2. The first-order valence-corrected chi connectivity index (χ1v) is 7.74. The lowest BCUT2D eigenvalue weighted by atomic mass is 9.85. The Kier molecular flexibility index (Phi) is 5.79. The molecule has 1 saturated heterocycles. The van der Waals surface area contributed by atoms with Gasteiger partial charge in [-0.05, 0) is 51.0 Å². The zero-order chi connectivity index (χ0) is 11.9. The molecule has 2 nitrogen and oxygen atoms in total. The molecule has 0 radical (unpaired) electrons. The van der Waals surface area contributed by atoms with Crippen molar-refractivity contribution in [2.24, 2.45) is 11.7 Å². The van der Waals surface area contributed by atoms with E-state index in [1.54, 1.807) is 0 Å². The lowest BCUT2D eigenvalue weighted by Crippen LogP contribution is -2.15. The summed E-state index contributed by atoms with van der Waals surface area (Å²) < 4.78 is 6.10. The monoisotopic (exact) mass is 239 g/mol. The Labute approximate surface area is 106 Å². The van der Waals surface area contributed by atoms with Crippen molar-refractivity contribution in [1.82, 2.24) is 0 Å². The fourth-order valence-corrected chi connectivity index (χ4v) is 3.45. The van der Waals surface area contributed by atoms with E-state index in [1.807, 2.05) is 0 Å². The fourth-order valence-electron chi connectivity index (χ4n) is 3.45. The number of hydrogen-bond acceptors (Lipinski definition) is 2. The third-order valence-electron chi connectivity index (χ3n) is 4.55. The maximum absolute atomic E-state index is 6.10. The van der Waals surface area contributed by atoms with E-state index in [1.165, 1.54) is 64.2 Å². The van der Waals surface area contributed by atoms with Crippen LogP contribution in [0.2, 0.25) is 0 Å². The van der Waals surface area contributed by atoms with Gasteiger partial charge in [-0.3, -0.25) is 0 Å². The zero-order valence-corrected chi connectivity index (χ0v) is 11.2. The van der Waals surface area contributed by atoms with Crippen LogP contribution in [0.15, 0.2) is 0 Å². The summed E-state index contributed by atoms with van der Waals surface area (Å²) in [5, 5.41) is 0. The summed E-state index contributed by atoms with van der Waals surface area (Å²) in [7, 11) is 0. The highest BCUT2D eigenvalue weighted by molar-refractivity contribution is 4.76.